The van der Waals surface area contributed by atoms with Gasteiger partial charge < -0.3 is 33.8 Å². The van der Waals surface area contributed by atoms with Crippen molar-refractivity contribution < 1.29 is 80.2 Å². The Balaban J connectivity index is 5.49. The molecule has 0 aromatic rings. The summed E-state index contributed by atoms with van der Waals surface area (Å²) in [7, 11) is -10.0. The first-order valence-electron chi connectivity index (χ1n) is 39.4. The molecule has 17 nitrogen and oxygen atoms in total. The van der Waals surface area contributed by atoms with Gasteiger partial charge in [-0.15, -0.1) is 0 Å². The topological polar surface area (TPSA) is 237 Å². The number of aliphatic hydroxyl groups excluding tert-OH is 1. The van der Waals surface area contributed by atoms with Gasteiger partial charge in [0.25, 0.3) is 0 Å². The van der Waals surface area contributed by atoms with Gasteiger partial charge in [0, 0.05) is 19.3 Å². The molecular formula is C85H138O17P2. The molecule has 0 heterocycles. The summed E-state index contributed by atoms with van der Waals surface area (Å²) in [6.45, 7) is 4.38. The summed E-state index contributed by atoms with van der Waals surface area (Å²) >= 11 is 0. The maximum absolute atomic E-state index is 13.1. The van der Waals surface area contributed by atoms with Crippen LogP contribution in [0.25, 0.3) is 0 Å². The van der Waals surface area contributed by atoms with Crippen molar-refractivity contribution in [1.29, 1.82) is 0 Å². The van der Waals surface area contributed by atoms with Crippen molar-refractivity contribution in [3.05, 3.63) is 170 Å². The first-order chi connectivity index (χ1) is 50.7. The van der Waals surface area contributed by atoms with Gasteiger partial charge >= 0.3 is 39.5 Å². The third kappa shape index (κ3) is 74.7. The highest BCUT2D eigenvalue weighted by molar-refractivity contribution is 7.47. The normalized spacial score (nSPS) is 14.8. The van der Waals surface area contributed by atoms with E-state index in [9.17, 15) is 43.2 Å². The monoisotopic (exact) mass is 1490 g/mol. The number of aliphatic hydroxyl groups is 1. The van der Waals surface area contributed by atoms with Gasteiger partial charge in [-0.2, -0.15) is 0 Å². The van der Waals surface area contributed by atoms with Crippen LogP contribution in [0.5, 0.6) is 0 Å². The number of esters is 4. The van der Waals surface area contributed by atoms with Crippen molar-refractivity contribution in [2.45, 2.75) is 303 Å². The van der Waals surface area contributed by atoms with Crippen LogP contribution in [0.4, 0.5) is 0 Å². The fourth-order valence-corrected chi connectivity index (χ4v) is 11.4. The molecule has 0 fully saturated rings. The summed E-state index contributed by atoms with van der Waals surface area (Å²) in [5.74, 6) is -2.45. The molecule has 5 atom stereocenters. The van der Waals surface area contributed by atoms with Gasteiger partial charge in [0.2, 0.25) is 0 Å². The van der Waals surface area contributed by atoms with Gasteiger partial charge in [-0.25, -0.2) is 9.13 Å². The Morgan fingerprint density at radius 1 is 0.288 bits per heavy atom. The highest BCUT2D eigenvalue weighted by Gasteiger charge is 2.30. The van der Waals surface area contributed by atoms with Crippen molar-refractivity contribution in [3.63, 3.8) is 0 Å². The summed E-state index contributed by atoms with van der Waals surface area (Å²) in [6.07, 6.45) is 89.6. The Hall–Kier alpha value is -5.58. The molecule has 0 aromatic carbocycles. The van der Waals surface area contributed by atoms with E-state index in [0.717, 1.165) is 141 Å². The highest BCUT2D eigenvalue weighted by atomic mass is 31.2. The fourth-order valence-electron chi connectivity index (χ4n) is 9.80. The van der Waals surface area contributed by atoms with Crippen LogP contribution in [0.1, 0.15) is 285 Å². The second-order valence-electron chi connectivity index (χ2n) is 25.6. The number of ether oxygens (including phenoxy) is 4. The SMILES string of the molecule is CC/C=C\C/C=C\C/C=C\C/C=C\C/C=C\C/C=C\CCC(=O)OCC(COP(=O)(O)OCC(O)COP(=O)(O)OCC(COC(=O)C/C=C\C/C=C\C/C=C\C/C=C\C/C=C\CC)OC(=O)CCCCCCCCCCCCC)OC(=O)CCCCCCCC/C=C\C/C=C\C/C=C\CCCCC. The Labute approximate surface area is 629 Å². The van der Waals surface area contributed by atoms with E-state index in [1.807, 2.05) is 36.5 Å². The summed E-state index contributed by atoms with van der Waals surface area (Å²) < 4.78 is 68.3. The number of unbranched alkanes of at least 4 members (excludes halogenated alkanes) is 19. The second-order valence-corrected chi connectivity index (χ2v) is 28.5. The van der Waals surface area contributed by atoms with E-state index in [1.165, 1.54) is 57.8 Å². The van der Waals surface area contributed by atoms with Gasteiger partial charge in [0.05, 0.1) is 32.8 Å². The van der Waals surface area contributed by atoms with E-state index in [-0.39, 0.29) is 25.7 Å². The molecule has 0 saturated heterocycles. The number of allylic oxidation sites excluding steroid dienone is 27. The fraction of sp³-hybridized carbons (Fsp3) is 0.624. The lowest BCUT2D eigenvalue weighted by atomic mass is 10.1. The van der Waals surface area contributed by atoms with E-state index >= 15 is 0 Å². The van der Waals surface area contributed by atoms with Gasteiger partial charge in [-0.1, -0.05) is 301 Å². The zero-order valence-electron chi connectivity index (χ0n) is 64.4. The maximum Gasteiger partial charge on any atom is 0.472 e. The Kier molecular flexibility index (Phi) is 71.6. The maximum atomic E-state index is 13.1. The third-order valence-corrected chi connectivity index (χ3v) is 17.6. The number of carbonyl (C=O) groups is 4. The lowest BCUT2D eigenvalue weighted by molar-refractivity contribution is -0.161. The molecule has 104 heavy (non-hydrogen) atoms. The van der Waals surface area contributed by atoms with Gasteiger partial charge in [-0.3, -0.25) is 37.3 Å². The zero-order valence-corrected chi connectivity index (χ0v) is 66.2. The zero-order chi connectivity index (χ0) is 76.0. The summed E-state index contributed by atoms with van der Waals surface area (Å²) in [6, 6.07) is 0. The summed E-state index contributed by atoms with van der Waals surface area (Å²) in [5, 5.41) is 10.6. The second kappa shape index (κ2) is 75.6. The first-order valence-corrected chi connectivity index (χ1v) is 42.4. The largest absolute Gasteiger partial charge is 0.472 e. The number of hydrogen-bond donors (Lipinski definition) is 3. The predicted molar refractivity (Wildman–Crippen MR) is 426 cm³/mol. The quantitative estimate of drug-likeness (QED) is 0.0169. The van der Waals surface area contributed by atoms with Gasteiger partial charge in [0.15, 0.2) is 12.2 Å². The van der Waals surface area contributed by atoms with Crippen LogP contribution in [-0.4, -0.2) is 96.7 Å². The number of carbonyl (C=O) groups excluding carboxylic acids is 4. The molecule has 5 unspecified atom stereocenters. The van der Waals surface area contributed by atoms with Crippen LogP contribution in [0.2, 0.25) is 0 Å². The van der Waals surface area contributed by atoms with Crippen molar-refractivity contribution in [2.24, 2.45) is 0 Å². The molecule has 0 aliphatic carbocycles. The van der Waals surface area contributed by atoms with Crippen LogP contribution < -0.4 is 0 Å². The number of phosphoric ester groups is 2. The molecule has 0 aromatic heterocycles. The Morgan fingerprint density at radius 2 is 0.558 bits per heavy atom. The van der Waals surface area contributed by atoms with Crippen molar-refractivity contribution >= 4 is 39.5 Å². The van der Waals surface area contributed by atoms with Crippen molar-refractivity contribution in [2.75, 3.05) is 39.6 Å². The number of rotatable bonds is 72. The molecule has 0 spiro atoms. The van der Waals surface area contributed by atoms with Crippen molar-refractivity contribution in [3.8, 4) is 0 Å². The minimum absolute atomic E-state index is 0.0258. The molecule has 0 aliphatic heterocycles. The van der Waals surface area contributed by atoms with Crippen LogP contribution >= 0.6 is 15.6 Å². The van der Waals surface area contributed by atoms with E-state index in [4.69, 9.17) is 37.0 Å². The van der Waals surface area contributed by atoms with E-state index in [1.54, 1.807) is 6.08 Å². The van der Waals surface area contributed by atoms with Crippen LogP contribution in [0, 0.1) is 0 Å². The lowest BCUT2D eigenvalue weighted by Gasteiger charge is -2.21. The minimum atomic E-state index is -5.01. The van der Waals surface area contributed by atoms with Gasteiger partial charge in [-0.05, 0) is 128 Å². The molecule has 0 radical (unpaired) electrons. The van der Waals surface area contributed by atoms with E-state index < -0.39 is 97.5 Å². The smallest absolute Gasteiger partial charge is 0.462 e. The molecule has 590 valence electrons. The minimum Gasteiger partial charge on any atom is -0.462 e. The highest BCUT2D eigenvalue weighted by Crippen LogP contribution is 2.45. The first kappa shape index (κ1) is 98.4. The molecule has 3 N–H and O–H groups in total. The Morgan fingerprint density at radius 3 is 0.913 bits per heavy atom. The molecule has 0 amide bonds. The third-order valence-electron chi connectivity index (χ3n) is 15.7. The van der Waals surface area contributed by atoms with E-state index in [0.29, 0.717) is 32.1 Å². The Bertz CT molecular complexity index is 2640. The summed E-state index contributed by atoms with van der Waals surface area (Å²) in [5.41, 5.74) is 0. The lowest BCUT2D eigenvalue weighted by Crippen LogP contribution is -2.30. The predicted octanol–water partition coefficient (Wildman–Crippen LogP) is 23.0. The van der Waals surface area contributed by atoms with Gasteiger partial charge in [0.1, 0.15) is 19.3 Å². The standard InChI is InChI=1S/C85H138O17P2/c1-5-9-13-17-21-25-29-32-35-37-39-41-44-47-51-54-58-62-66-70-83(88)96-76-81(102-85(90)72-68-64-60-56-52-48-45-42-40-38-36-33-30-26-22-18-14-10-6-2)78-100-104(93,94)98-74-79(86)73-97-103(91,92)99-77-80(101-84(89)71-67-63-59-55-49-28-24-20-16-12-8-4)75-95-82(87)69-65-61-57-53-50-46-43-34-31-27-23-19-15-11-7-3/h9,11,13,15,21-23,25-27,32-36,39-43,47,50-51,53,58,61-62,65,79-81,86H,5-8,10,12,14,16-20,24,28-31,37-38,44-46,48-49,52,54-57,59-60,63-64,66-78H2,1-4H3,(H,91,92)(H,93,94)/b13-9-,15-11-,25-21-,26-22-,27-23-,35-32-,36-33-,41-39-,42-40-,43-34-,51-47-,53-50-,62-58-,65-61-. The summed E-state index contributed by atoms with van der Waals surface area (Å²) in [4.78, 5) is 72.8. The molecule has 0 rings (SSSR count). The van der Waals surface area contributed by atoms with Crippen LogP contribution in [0.15, 0.2) is 170 Å². The molecule has 19 heteroatoms. The molecule has 0 aliphatic rings. The molecule has 0 bridgehead atoms. The average molecular weight is 1490 g/mol. The number of hydrogen-bond acceptors (Lipinski definition) is 15. The molecule has 0 saturated carbocycles. The number of phosphoric acid groups is 2. The molecular weight excluding hydrogens is 1350 g/mol. The van der Waals surface area contributed by atoms with Crippen LogP contribution in [-0.2, 0) is 65.4 Å². The van der Waals surface area contributed by atoms with Crippen LogP contribution in [0.3, 0.4) is 0 Å². The van der Waals surface area contributed by atoms with E-state index in [2.05, 4.69) is 155 Å². The van der Waals surface area contributed by atoms with Crippen molar-refractivity contribution in [1.82, 2.24) is 0 Å². The average Bonchev–Trinajstić information content (AvgIpc) is 0.928.